The van der Waals surface area contributed by atoms with Gasteiger partial charge in [-0.2, -0.15) is 0 Å². The largest absolute Gasteiger partial charge is 0.460 e. The molecule has 0 spiro atoms. The van der Waals surface area contributed by atoms with Crippen LogP contribution in [0.5, 0.6) is 0 Å². The summed E-state index contributed by atoms with van der Waals surface area (Å²) in [6.45, 7) is 12.1. The fourth-order valence-corrected chi connectivity index (χ4v) is 5.86. The van der Waals surface area contributed by atoms with Gasteiger partial charge in [0.2, 0.25) is 5.79 Å². The molecule has 1 N–H and O–H groups in total. The van der Waals surface area contributed by atoms with E-state index < -0.39 is 35.4 Å². The van der Waals surface area contributed by atoms with Crippen LogP contribution in [0.1, 0.15) is 85.6 Å². The third-order valence-electron chi connectivity index (χ3n) is 8.42. The van der Waals surface area contributed by atoms with Crippen LogP contribution in [0.4, 0.5) is 0 Å². The Kier molecular flexibility index (Phi) is 10.5. The van der Waals surface area contributed by atoms with Crippen LogP contribution in [-0.4, -0.2) is 58.2 Å². The van der Waals surface area contributed by atoms with E-state index in [1.54, 1.807) is 6.92 Å². The number of esters is 1. The van der Waals surface area contributed by atoms with Crippen molar-refractivity contribution in [3.8, 4) is 0 Å². The number of rotatable bonds is 10. The van der Waals surface area contributed by atoms with E-state index in [4.69, 9.17) is 9.47 Å². The fraction of sp³-hybridized carbons (Fsp3) is 0.710. The first-order chi connectivity index (χ1) is 18.0. The first kappa shape index (κ1) is 30.3. The molecule has 6 atom stereocenters. The third kappa shape index (κ3) is 6.84. The van der Waals surface area contributed by atoms with Crippen molar-refractivity contribution >= 4 is 17.7 Å². The molecule has 7 heteroatoms. The highest BCUT2D eigenvalue weighted by Gasteiger charge is 2.53. The Bertz CT molecular complexity index is 947. The SMILES string of the molecule is CC[C@H](Cc1ccccc1)[C@@H](OC(=O)[C@@H]1CCCCN1C(=O)C(=O)[C@]1(O)OC(C(C)C)CC[C@H]1C)C(C)C. The second-order valence-corrected chi connectivity index (χ2v) is 11.9. The molecule has 2 fully saturated rings. The van der Waals surface area contributed by atoms with Crippen molar-refractivity contribution in [3.63, 3.8) is 0 Å². The maximum atomic E-state index is 13.6. The maximum Gasteiger partial charge on any atom is 0.329 e. The number of likely N-dealkylation sites (tertiary alicyclic amines) is 1. The molecule has 0 saturated carbocycles. The Morgan fingerprint density at radius 3 is 2.37 bits per heavy atom. The second-order valence-electron chi connectivity index (χ2n) is 11.9. The molecule has 1 aromatic rings. The number of carbonyl (C=O) groups is 3. The summed E-state index contributed by atoms with van der Waals surface area (Å²) in [5.41, 5.74) is 1.19. The van der Waals surface area contributed by atoms with Crippen LogP contribution >= 0.6 is 0 Å². The van der Waals surface area contributed by atoms with Crippen LogP contribution in [0.3, 0.4) is 0 Å². The molecule has 7 nitrogen and oxygen atoms in total. The average Bonchev–Trinajstić information content (AvgIpc) is 2.91. The number of aliphatic hydroxyl groups is 1. The molecule has 212 valence electrons. The number of piperidine rings is 1. The van der Waals surface area contributed by atoms with Gasteiger partial charge in [-0.1, -0.05) is 71.9 Å². The molecule has 3 rings (SSSR count). The number of nitrogens with zero attached hydrogens (tertiary/aromatic N) is 1. The van der Waals surface area contributed by atoms with Gasteiger partial charge in [0.25, 0.3) is 11.7 Å². The quantitative estimate of drug-likeness (QED) is 0.341. The molecular weight excluding hydrogens is 482 g/mol. The van der Waals surface area contributed by atoms with Gasteiger partial charge in [-0.25, -0.2) is 4.79 Å². The number of Topliss-reactive ketones (excluding diaryl/α,β-unsaturated/α-hetero) is 1. The van der Waals surface area contributed by atoms with Crippen molar-refractivity contribution in [2.24, 2.45) is 23.7 Å². The van der Waals surface area contributed by atoms with E-state index in [2.05, 4.69) is 19.1 Å². The van der Waals surface area contributed by atoms with Gasteiger partial charge >= 0.3 is 5.97 Å². The first-order valence-electron chi connectivity index (χ1n) is 14.5. The summed E-state index contributed by atoms with van der Waals surface area (Å²) in [6, 6.07) is 9.32. The summed E-state index contributed by atoms with van der Waals surface area (Å²) in [5.74, 6) is -4.69. The minimum atomic E-state index is -2.18. The molecule has 0 aliphatic carbocycles. The highest BCUT2D eigenvalue weighted by Crippen LogP contribution is 2.36. The number of amides is 1. The van der Waals surface area contributed by atoms with Gasteiger partial charge in [0, 0.05) is 12.5 Å². The van der Waals surface area contributed by atoms with E-state index in [9.17, 15) is 19.5 Å². The number of hydrogen-bond acceptors (Lipinski definition) is 6. The molecule has 2 aliphatic heterocycles. The highest BCUT2D eigenvalue weighted by atomic mass is 16.6. The van der Waals surface area contributed by atoms with Crippen molar-refractivity contribution in [3.05, 3.63) is 35.9 Å². The Labute approximate surface area is 228 Å². The minimum Gasteiger partial charge on any atom is -0.460 e. The van der Waals surface area contributed by atoms with E-state index in [-0.39, 0.29) is 36.5 Å². The van der Waals surface area contributed by atoms with E-state index in [1.807, 2.05) is 45.9 Å². The zero-order valence-corrected chi connectivity index (χ0v) is 24.0. The molecule has 1 unspecified atom stereocenters. The number of hydrogen-bond donors (Lipinski definition) is 1. The van der Waals surface area contributed by atoms with Gasteiger partial charge in [-0.3, -0.25) is 9.59 Å². The lowest BCUT2D eigenvalue weighted by molar-refractivity contribution is -0.269. The van der Waals surface area contributed by atoms with Crippen LogP contribution in [0, 0.1) is 23.7 Å². The zero-order chi connectivity index (χ0) is 28.0. The Morgan fingerprint density at radius 1 is 1.08 bits per heavy atom. The Balaban J connectivity index is 1.76. The molecule has 2 heterocycles. The first-order valence-corrected chi connectivity index (χ1v) is 14.5. The summed E-state index contributed by atoms with van der Waals surface area (Å²) in [6.07, 6.45) is 4.19. The second kappa shape index (κ2) is 13.2. The van der Waals surface area contributed by atoms with Crippen molar-refractivity contribution in [1.82, 2.24) is 4.90 Å². The number of ketones is 1. The molecule has 0 bridgehead atoms. The topological polar surface area (TPSA) is 93.1 Å². The Hall–Kier alpha value is -2.25. The van der Waals surface area contributed by atoms with Gasteiger partial charge in [0.05, 0.1) is 6.10 Å². The maximum absolute atomic E-state index is 13.6. The van der Waals surface area contributed by atoms with Crippen LogP contribution in [0.15, 0.2) is 30.3 Å². The smallest absolute Gasteiger partial charge is 0.329 e. The molecular formula is C31H47NO6. The van der Waals surface area contributed by atoms with Gasteiger partial charge < -0.3 is 19.5 Å². The highest BCUT2D eigenvalue weighted by molar-refractivity contribution is 6.39. The van der Waals surface area contributed by atoms with Crippen molar-refractivity contribution in [1.29, 1.82) is 0 Å². The normalized spacial score (nSPS) is 27.7. The van der Waals surface area contributed by atoms with Gasteiger partial charge in [0.1, 0.15) is 12.1 Å². The summed E-state index contributed by atoms with van der Waals surface area (Å²) in [5, 5.41) is 11.3. The predicted octanol–water partition coefficient (Wildman–Crippen LogP) is 4.93. The van der Waals surface area contributed by atoms with Crippen LogP contribution in [0.25, 0.3) is 0 Å². The average molecular weight is 530 g/mol. The van der Waals surface area contributed by atoms with Gasteiger partial charge in [-0.15, -0.1) is 0 Å². The lowest BCUT2D eigenvalue weighted by Gasteiger charge is -2.43. The number of carbonyl (C=O) groups excluding carboxylic acids is 3. The summed E-state index contributed by atoms with van der Waals surface area (Å²) < 4.78 is 12.0. The lowest BCUT2D eigenvalue weighted by Crippen LogP contribution is -2.61. The van der Waals surface area contributed by atoms with E-state index >= 15 is 0 Å². The minimum absolute atomic E-state index is 0.0900. The summed E-state index contributed by atoms with van der Waals surface area (Å²) in [7, 11) is 0. The monoisotopic (exact) mass is 529 g/mol. The fourth-order valence-electron chi connectivity index (χ4n) is 5.86. The van der Waals surface area contributed by atoms with Crippen molar-refractivity contribution < 1.29 is 29.0 Å². The molecule has 38 heavy (non-hydrogen) atoms. The van der Waals surface area contributed by atoms with Crippen LogP contribution in [0.2, 0.25) is 0 Å². The molecule has 1 aromatic carbocycles. The zero-order valence-electron chi connectivity index (χ0n) is 24.0. The standard InChI is InChI=1S/C31H47NO6/c1-7-24(19-23-13-9-8-10-14-23)27(21(4)5)37-30(35)25-15-11-12-18-32(25)29(34)28(33)31(36)22(6)16-17-26(38-31)20(2)3/h8-10,13-14,20-22,24-27,36H,7,11-12,15-19H2,1-6H3/t22-,24-,25+,26?,27+,31-/m1/s1. The van der Waals surface area contributed by atoms with Crippen LogP contribution in [-0.2, 0) is 30.3 Å². The summed E-state index contributed by atoms with van der Waals surface area (Å²) >= 11 is 0. The van der Waals surface area contributed by atoms with E-state index in [0.717, 1.165) is 25.7 Å². The van der Waals surface area contributed by atoms with Gasteiger partial charge in [0.15, 0.2) is 0 Å². The molecule has 2 aliphatic rings. The number of benzene rings is 1. The van der Waals surface area contributed by atoms with E-state index in [0.29, 0.717) is 19.3 Å². The summed E-state index contributed by atoms with van der Waals surface area (Å²) in [4.78, 5) is 41.8. The van der Waals surface area contributed by atoms with Crippen LogP contribution < -0.4 is 0 Å². The molecule has 0 aromatic heterocycles. The van der Waals surface area contributed by atoms with Crippen molar-refractivity contribution in [2.45, 2.75) is 111 Å². The molecule has 1 amide bonds. The molecule has 2 saturated heterocycles. The third-order valence-corrected chi connectivity index (χ3v) is 8.42. The lowest BCUT2D eigenvalue weighted by atomic mass is 9.84. The Morgan fingerprint density at radius 2 is 1.76 bits per heavy atom. The van der Waals surface area contributed by atoms with E-state index in [1.165, 1.54) is 10.5 Å². The van der Waals surface area contributed by atoms with Gasteiger partial charge in [-0.05, 0) is 68.3 Å². The predicted molar refractivity (Wildman–Crippen MR) is 146 cm³/mol. The number of ether oxygens (including phenoxy) is 2. The van der Waals surface area contributed by atoms with Crippen molar-refractivity contribution in [2.75, 3.05) is 6.54 Å². The molecule has 0 radical (unpaired) electrons.